The van der Waals surface area contributed by atoms with Gasteiger partial charge in [-0.2, -0.15) is 0 Å². The van der Waals surface area contributed by atoms with E-state index in [0.717, 1.165) is 32.4 Å². The van der Waals surface area contributed by atoms with Crippen molar-refractivity contribution in [2.75, 3.05) is 13.1 Å². The number of likely N-dealkylation sites (tertiary alicyclic amines) is 1. The van der Waals surface area contributed by atoms with Gasteiger partial charge in [-0.25, -0.2) is 0 Å². The number of hydrogen-bond acceptors (Lipinski definition) is 3. The molecular weight excluding hydrogens is 242 g/mol. The highest BCUT2D eigenvalue weighted by Crippen LogP contribution is 2.43. The van der Waals surface area contributed by atoms with E-state index in [4.69, 9.17) is 9.84 Å². The summed E-state index contributed by atoms with van der Waals surface area (Å²) in [6.07, 6.45) is 10.3. The van der Waals surface area contributed by atoms with Crippen LogP contribution < -0.4 is 0 Å². The average Bonchev–Trinajstić information content (AvgIpc) is 3.06. The van der Waals surface area contributed by atoms with E-state index in [1.807, 2.05) is 0 Å². The molecule has 0 radical (unpaired) electrons. The molecule has 0 aromatic rings. The van der Waals surface area contributed by atoms with E-state index < -0.39 is 5.97 Å². The number of rotatable bonds is 4. The Labute approximate surface area is 115 Å². The zero-order chi connectivity index (χ0) is 13.3. The molecule has 0 aromatic heterocycles. The number of aliphatic carboxylic acids is 1. The minimum Gasteiger partial charge on any atom is -0.481 e. The van der Waals surface area contributed by atoms with Crippen LogP contribution in [0.5, 0.6) is 0 Å². The fourth-order valence-electron chi connectivity index (χ4n) is 4.24. The molecule has 2 heterocycles. The second-order valence-electron chi connectivity index (χ2n) is 6.56. The van der Waals surface area contributed by atoms with Gasteiger partial charge in [-0.15, -0.1) is 0 Å². The number of carboxylic acids is 1. The van der Waals surface area contributed by atoms with E-state index >= 15 is 0 Å². The molecule has 0 aromatic carbocycles. The van der Waals surface area contributed by atoms with Gasteiger partial charge in [0, 0.05) is 12.6 Å². The second-order valence-corrected chi connectivity index (χ2v) is 6.56. The molecule has 1 saturated carbocycles. The van der Waals surface area contributed by atoms with Gasteiger partial charge in [0.25, 0.3) is 0 Å². The topological polar surface area (TPSA) is 49.8 Å². The van der Waals surface area contributed by atoms with Crippen molar-refractivity contribution in [3.8, 4) is 0 Å². The van der Waals surface area contributed by atoms with Gasteiger partial charge in [0.05, 0.1) is 18.1 Å². The molecule has 4 heteroatoms. The van der Waals surface area contributed by atoms with Crippen molar-refractivity contribution < 1.29 is 14.6 Å². The summed E-state index contributed by atoms with van der Waals surface area (Å²) in [5.41, 5.74) is 0.201. The lowest BCUT2D eigenvalue weighted by Gasteiger charge is -2.28. The lowest BCUT2D eigenvalue weighted by atomic mass is 9.98. The molecule has 19 heavy (non-hydrogen) atoms. The SMILES string of the molecule is O=C(O)CC1CCCN1CC1CCC2(CCCC2)O1. The van der Waals surface area contributed by atoms with E-state index in [1.165, 1.54) is 32.1 Å². The van der Waals surface area contributed by atoms with Crippen LogP contribution in [0.3, 0.4) is 0 Å². The number of carbonyl (C=O) groups is 1. The molecule has 2 atom stereocenters. The second kappa shape index (κ2) is 5.41. The summed E-state index contributed by atoms with van der Waals surface area (Å²) in [7, 11) is 0. The predicted octanol–water partition coefficient (Wildman–Crippen LogP) is 2.42. The summed E-state index contributed by atoms with van der Waals surface area (Å²) in [4.78, 5) is 13.2. The van der Waals surface area contributed by atoms with Crippen LogP contribution in [0.15, 0.2) is 0 Å². The van der Waals surface area contributed by atoms with E-state index in [9.17, 15) is 4.79 Å². The fourth-order valence-corrected chi connectivity index (χ4v) is 4.24. The lowest BCUT2D eigenvalue weighted by molar-refractivity contribution is -0.138. The highest BCUT2D eigenvalue weighted by molar-refractivity contribution is 5.67. The third-order valence-corrected chi connectivity index (χ3v) is 5.20. The van der Waals surface area contributed by atoms with Crippen molar-refractivity contribution in [3.05, 3.63) is 0 Å². The molecular formula is C15H25NO3. The molecule has 4 nitrogen and oxygen atoms in total. The monoisotopic (exact) mass is 267 g/mol. The first-order valence-corrected chi connectivity index (χ1v) is 7.81. The van der Waals surface area contributed by atoms with Crippen LogP contribution in [-0.4, -0.2) is 46.8 Å². The van der Waals surface area contributed by atoms with Crippen LogP contribution in [0, 0.1) is 0 Å². The smallest absolute Gasteiger partial charge is 0.304 e. The predicted molar refractivity (Wildman–Crippen MR) is 72.2 cm³/mol. The van der Waals surface area contributed by atoms with Crippen LogP contribution in [0.1, 0.15) is 57.8 Å². The van der Waals surface area contributed by atoms with E-state index in [1.54, 1.807) is 0 Å². The quantitative estimate of drug-likeness (QED) is 0.850. The Bertz CT molecular complexity index is 338. The fraction of sp³-hybridized carbons (Fsp3) is 0.933. The molecule has 0 bridgehead atoms. The summed E-state index contributed by atoms with van der Waals surface area (Å²) in [5.74, 6) is -0.670. The zero-order valence-electron chi connectivity index (χ0n) is 11.6. The van der Waals surface area contributed by atoms with Gasteiger partial charge in [0.2, 0.25) is 0 Å². The molecule has 3 aliphatic rings. The minimum atomic E-state index is -0.670. The minimum absolute atomic E-state index is 0.201. The third-order valence-electron chi connectivity index (χ3n) is 5.20. The number of nitrogens with zero attached hydrogens (tertiary/aromatic N) is 1. The molecule has 1 N–H and O–H groups in total. The Morgan fingerprint density at radius 2 is 2.00 bits per heavy atom. The van der Waals surface area contributed by atoms with Crippen LogP contribution in [0.2, 0.25) is 0 Å². The molecule has 3 rings (SSSR count). The summed E-state index contributed by atoms with van der Waals surface area (Å²) < 4.78 is 6.34. The molecule has 2 unspecified atom stereocenters. The van der Waals surface area contributed by atoms with Crippen molar-refractivity contribution in [1.29, 1.82) is 0 Å². The molecule has 2 aliphatic heterocycles. The first-order valence-electron chi connectivity index (χ1n) is 7.81. The molecule has 108 valence electrons. The molecule has 1 aliphatic carbocycles. The van der Waals surface area contributed by atoms with Crippen LogP contribution >= 0.6 is 0 Å². The van der Waals surface area contributed by atoms with Crippen molar-refractivity contribution in [2.24, 2.45) is 0 Å². The maximum atomic E-state index is 10.9. The summed E-state index contributed by atoms with van der Waals surface area (Å²) in [6.45, 7) is 1.99. The Morgan fingerprint density at radius 3 is 2.74 bits per heavy atom. The highest BCUT2D eigenvalue weighted by Gasteiger charge is 2.43. The Kier molecular flexibility index (Phi) is 3.81. The van der Waals surface area contributed by atoms with Gasteiger partial charge in [-0.3, -0.25) is 9.69 Å². The van der Waals surface area contributed by atoms with Crippen LogP contribution in [-0.2, 0) is 9.53 Å². The zero-order valence-corrected chi connectivity index (χ0v) is 11.6. The van der Waals surface area contributed by atoms with Gasteiger partial charge in [0.15, 0.2) is 0 Å². The number of carboxylic acid groups (broad SMARTS) is 1. The third kappa shape index (κ3) is 2.95. The van der Waals surface area contributed by atoms with Gasteiger partial charge >= 0.3 is 5.97 Å². The molecule has 1 spiro atoms. The van der Waals surface area contributed by atoms with Gasteiger partial charge in [0.1, 0.15) is 0 Å². The number of hydrogen-bond donors (Lipinski definition) is 1. The van der Waals surface area contributed by atoms with E-state index in [-0.39, 0.29) is 18.1 Å². The molecule has 0 amide bonds. The lowest BCUT2D eigenvalue weighted by Crippen LogP contribution is -2.38. The van der Waals surface area contributed by atoms with Crippen molar-refractivity contribution in [1.82, 2.24) is 4.90 Å². The average molecular weight is 267 g/mol. The Balaban J connectivity index is 1.52. The normalized spacial score (nSPS) is 34.3. The largest absolute Gasteiger partial charge is 0.481 e. The summed E-state index contributed by atoms with van der Waals surface area (Å²) in [5, 5.41) is 8.96. The van der Waals surface area contributed by atoms with Crippen molar-refractivity contribution in [2.45, 2.75) is 75.5 Å². The Hall–Kier alpha value is -0.610. The highest BCUT2D eigenvalue weighted by atomic mass is 16.5. The van der Waals surface area contributed by atoms with Gasteiger partial charge < -0.3 is 9.84 Å². The summed E-state index contributed by atoms with van der Waals surface area (Å²) in [6, 6.07) is 0.237. The maximum Gasteiger partial charge on any atom is 0.304 e. The van der Waals surface area contributed by atoms with Gasteiger partial charge in [-0.1, -0.05) is 12.8 Å². The van der Waals surface area contributed by atoms with Crippen LogP contribution in [0.4, 0.5) is 0 Å². The number of ether oxygens (including phenoxy) is 1. The molecule has 3 fully saturated rings. The van der Waals surface area contributed by atoms with Crippen molar-refractivity contribution in [3.63, 3.8) is 0 Å². The maximum absolute atomic E-state index is 10.9. The molecule has 2 saturated heterocycles. The first kappa shape index (κ1) is 13.4. The summed E-state index contributed by atoms with van der Waals surface area (Å²) >= 11 is 0. The van der Waals surface area contributed by atoms with Crippen LogP contribution in [0.25, 0.3) is 0 Å². The van der Waals surface area contributed by atoms with Gasteiger partial charge in [-0.05, 0) is 45.1 Å². The van der Waals surface area contributed by atoms with E-state index in [0.29, 0.717) is 6.10 Å². The van der Waals surface area contributed by atoms with Crippen molar-refractivity contribution >= 4 is 5.97 Å². The standard InChI is InChI=1S/C15H25NO3/c17-14(18)10-12-4-3-9-16(12)11-13-5-8-15(19-13)6-1-2-7-15/h12-13H,1-11H2,(H,17,18). The Morgan fingerprint density at radius 1 is 1.21 bits per heavy atom. The first-order chi connectivity index (χ1) is 9.17. The van der Waals surface area contributed by atoms with E-state index in [2.05, 4.69) is 4.90 Å².